The first-order valence-electron chi connectivity index (χ1n) is 21.3. The fourth-order valence-electron chi connectivity index (χ4n) is 7.18. The first kappa shape index (κ1) is 55.9. The summed E-state index contributed by atoms with van der Waals surface area (Å²) in [4.78, 5) is 41.6. The first-order chi connectivity index (χ1) is 31.5. The normalized spacial score (nSPS) is 19.7. The molecule has 0 bridgehead atoms. The number of para-hydroxylation sites is 2. The molecule has 6 heterocycles. The van der Waals surface area contributed by atoms with Crippen molar-refractivity contribution in [3.05, 3.63) is 96.8 Å². The molecule has 372 valence electrons. The van der Waals surface area contributed by atoms with Crippen molar-refractivity contribution in [2.75, 3.05) is 34.4 Å². The highest BCUT2D eigenvalue weighted by molar-refractivity contribution is 7.90. The average Bonchev–Trinajstić information content (AvgIpc) is 4.11. The van der Waals surface area contributed by atoms with Gasteiger partial charge in [-0.25, -0.2) is 46.2 Å². The van der Waals surface area contributed by atoms with Crippen LogP contribution in [0.3, 0.4) is 0 Å². The number of nitrogens with two attached hydrogens (primary N) is 6. The van der Waals surface area contributed by atoms with Gasteiger partial charge < -0.3 is 43.9 Å². The fourth-order valence-corrected chi connectivity index (χ4v) is 9.28. The van der Waals surface area contributed by atoms with E-state index in [0.717, 1.165) is 0 Å². The molecule has 2 saturated heterocycles. The highest BCUT2D eigenvalue weighted by atomic mass is 32.2. The van der Waals surface area contributed by atoms with E-state index in [-0.39, 0.29) is 74.0 Å². The molecule has 2 aliphatic heterocycles. The predicted octanol–water partition coefficient (Wildman–Crippen LogP) is 4.05. The summed E-state index contributed by atoms with van der Waals surface area (Å²) in [5, 5.41) is 0. The van der Waals surface area contributed by atoms with E-state index in [0.29, 0.717) is 46.5 Å². The van der Waals surface area contributed by atoms with Crippen LogP contribution in [0.2, 0.25) is 0 Å². The number of nitrogens with one attached hydrogen (secondary N) is 2. The average molecular weight is 983 g/mol. The van der Waals surface area contributed by atoms with Crippen molar-refractivity contribution in [2.45, 2.75) is 105 Å². The molecule has 6 aromatic rings. The molecule has 22 nitrogen and oxygen atoms in total. The Morgan fingerprint density at radius 1 is 0.618 bits per heavy atom. The topological polar surface area (TPSA) is 362 Å². The van der Waals surface area contributed by atoms with Crippen molar-refractivity contribution in [3.8, 4) is 0 Å². The Hall–Kier alpha value is -6.44. The Morgan fingerprint density at radius 3 is 1.57 bits per heavy atom. The maximum absolute atomic E-state index is 12.5. The molecular formula is C44H66N14O8S2. The van der Waals surface area contributed by atoms with Gasteiger partial charge in [-0.05, 0) is 62.1 Å². The second-order valence-electron chi connectivity index (χ2n) is 14.7. The standard InChI is InChI=1S/C19H24N8O4S.C19H22N6O4S.2C2H6.2CH4/c20-11-4-2-1-3-10(11)18(28)26-32(29,30)8-6-13-14(22)15(23)19(31-13)27-9-25-16-12(21)5-7-24-17(16)27;20-14-4-2-1-3-13(14)19(26)24-30(27,28)10-8-12-5-6-16(29-12)25-11-23-17-15(21)7-9-22-18(17)25;2*1-2;;/h1-5,7,9,13-15,19H,6,8,20,22-23H2,(H2,21,24)(H,26,28);1-4,7,9,11-12,16H,5-6,8,10,20H2,(H2,21,22)(H,24,26);2*1-2H3;2*1H4/t13-,14-,15-,19-;12-,16+;;;;/m10..../s1. The first-order valence-corrected chi connectivity index (χ1v) is 24.6. The van der Waals surface area contributed by atoms with Crippen LogP contribution in [0.1, 0.15) is 101 Å². The van der Waals surface area contributed by atoms with Gasteiger partial charge in [-0.15, -0.1) is 0 Å². The molecule has 2 fully saturated rings. The smallest absolute Gasteiger partial charge is 0.266 e. The number of hydrogen-bond acceptors (Lipinski definition) is 18. The molecule has 24 heteroatoms. The summed E-state index contributed by atoms with van der Waals surface area (Å²) in [6.45, 7) is 8.00. The third kappa shape index (κ3) is 13.2. The molecule has 2 amide bonds. The van der Waals surface area contributed by atoms with E-state index < -0.39 is 56.3 Å². The number of nitrogens with zero attached hydrogens (tertiary/aromatic N) is 6. The summed E-state index contributed by atoms with van der Waals surface area (Å²) in [7, 11) is -7.79. The van der Waals surface area contributed by atoms with Gasteiger partial charge >= 0.3 is 0 Å². The van der Waals surface area contributed by atoms with Crippen molar-refractivity contribution >= 4 is 76.9 Å². The van der Waals surface area contributed by atoms with Gasteiger partial charge in [0.25, 0.3) is 11.8 Å². The van der Waals surface area contributed by atoms with E-state index in [1.807, 2.05) is 32.4 Å². The summed E-state index contributed by atoms with van der Waals surface area (Å²) in [5.74, 6) is -2.17. The number of fused-ring (bicyclic) bond motifs is 2. The molecule has 0 radical (unpaired) electrons. The van der Waals surface area contributed by atoms with Crippen molar-refractivity contribution in [1.82, 2.24) is 38.5 Å². The van der Waals surface area contributed by atoms with Crippen LogP contribution in [-0.4, -0.2) is 93.5 Å². The molecule has 14 N–H and O–H groups in total. The molecule has 68 heavy (non-hydrogen) atoms. The lowest BCUT2D eigenvalue weighted by Crippen LogP contribution is -2.46. The second kappa shape index (κ2) is 24.5. The van der Waals surface area contributed by atoms with E-state index in [2.05, 4.69) is 24.7 Å². The largest absolute Gasteiger partial charge is 0.398 e. The quantitative estimate of drug-likeness (QED) is 0.0802. The Morgan fingerprint density at radius 2 is 1.07 bits per heavy atom. The zero-order valence-corrected chi connectivity index (χ0v) is 38.7. The summed E-state index contributed by atoms with van der Waals surface area (Å²) < 4.78 is 69.1. The van der Waals surface area contributed by atoms with Crippen LogP contribution in [0.4, 0.5) is 22.7 Å². The molecular weight excluding hydrogens is 917 g/mol. The predicted molar refractivity (Wildman–Crippen MR) is 266 cm³/mol. The number of carbonyl (C=O) groups excluding carboxylic acids is 2. The molecule has 2 aliphatic rings. The van der Waals surface area contributed by atoms with Crippen LogP contribution in [0, 0.1) is 0 Å². The Kier molecular flexibility index (Phi) is 20.2. The zero-order valence-electron chi connectivity index (χ0n) is 37.0. The molecule has 8 rings (SSSR count). The molecule has 0 saturated carbocycles. The van der Waals surface area contributed by atoms with E-state index in [1.165, 1.54) is 30.6 Å². The van der Waals surface area contributed by atoms with Crippen LogP contribution in [0.25, 0.3) is 22.3 Å². The van der Waals surface area contributed by atoms with Crippen molar-refractivity contribution in [3.63, 3.8) is 0 Å². The van der Waals surface area contributed by atoms with Gasteiger partial charge in [-0.1, -0.05) is 66.8 Å². The lowest BCUT2D eigenvalue weighted by molar-refractivity contribution is -0.00303. The number of sulfonamides is 2. The summed E-state index contributed by atoms with van der Waals surface area (Å²) in [6, 6.07) is 14.5. The lowest BCUT2D eigenvalue weighted by atomic mass is 10.0. The van der Waals surface area contributed by atoms with Gasteiger partial charge in [-0.3, -0.25) is 18.7 Å². The van der Waals surface area contributed by atoms with Gasteiger partial charge in [0.2, 0.25) is 20.0 Å². The Balaban J connectivity index is 0.000000327. The van der Waals surface area contributed by atoms with Crippen molar-refractivity contribution in [2.24, 2.45) is 11.5 Å². The van der Waals surface area contributed by atoms with Gasteiger partial charge in [-0.2, -0.15) is 0 Å². The van der Waals surface area contributed by atoms with E-state index in [4.69, 9.17) is 43.9 Å². The lowest BCUT2D eigenvalue weighted by Gasteiger charge is -2.17. The number of benzene rings is 2. The van der Waals surface area contributed by atoms with E-state index >= 15 is 0 Å². The fraction of sp³-hybridized carbons (Fsp3) is 0.409. The number of amides is 2. The minimum absolute atomic E-state index is 0. The van der Waals surface area contributed by atoms with Gasteiger partial charge in [0, 0.05) is 23.8 Å². The molecule has 0 unspecified atom stereocenters. The molecule has 2 aromatic carbocycles. The third-order valence-corrected chi connectivity index (χ3v) is 13.0. The number of carbonyl (C=O) groups is 2. The third-order valence-electron chi connectivity index (χ3n) is 10.5. The molecule has 0 aliphatic carbocycles. The van der Waals surface area contributed by atoms with Crippen LogP contribution < -0.4 is 43.8 Å². The number of anilines is 4. The monoisotopic (exact) mass is 982 g/mol. The van der Waals surface area contributed by atoms with Gasteiger partial charge in [0.05, 0.1) is 71.0 Å². The summed E-state index contributed by atoms with van der Waals surface area (Å²) >= 11 is 0. The number of imidazole rings is 2. The number of rotatable bonds is 12. The number of pyridine rings is 2. The highest BCUT2D eigenvalue weighted by Gasteiger charge is 2.42. The minimum atomic E-state index is -3.97. The molecule has 6 atom stereocenters. The Bertz CT molecular complexity index is 2840. The van der Waals surface area contributed by atoms with Crippen LogP contribution >= 0.6 is 0 Å². The van der Waals surface area contributed by atoms with E-state index in [9.17, 15) is 26.4 Å². The summed E-state index contributed by atoms with van der Waals surface area (Å²) in [6.07, 6.45) is 6.03. The minimum Gasteiger partial charge on any atom is -0.398 e. The molecule has 0 spiro atoms. The number of aromatic nitrogens is 6. The van der Waals surface area contributed by atoms with Crippen molar-refractivity contribution < 1.29 is 35.9 Å². The maximum Gasteiger partial charge on any atom is 0.266 e. The zero-order chi connectivity index (χ0) is 48.3. The summed E-state index contributed by atoms with van der Waals surface area (Å²) in [5.41, 5.74) is 39.6. The van der Waals surface area contributed by atoms with Crippen LogP contribution in [0.15, 0.2) is 85.7 Å². The van der Waals surface area contributed by atoms with Gasteiger partial charge in [0.15, 0.2) is 17.5 Å². The van der Waals surface area contributed by atoms with Crippen LogP contribution in [-0.2, 0) is 29.5 Å². The molecule has 4 aromatic heterocycles. The Labute approximate surface area is 397 Å². The van der Waals surface area contributed by atoms with Gasteiger partial charge in [0.1, 0.15) is 17.3 Å². The number of ether oxygens (including phenoxy) is 2. The number of nitrogen functional groups attached to an aromatic ring is 4. The second-order valence-corrected chi connectivity index (χ2v) is 18.4. The maximum atomic E-state index is 12.5. The number of hydrogen-bond donors (Lipinski definition) is 8. The highest BCUT2D eigenvalue weighted by Crippen LogP contribution is 2.34. The SMILES string of the molecule is C.C.CC.CC.Nc1ccccc1C(=O)NS(=O)(=O)CC[C@@H]1CC[C@H](n2cnc3c(N)ccnc32)O1.Nc1ccccc1C(=O)NS(=O)(=O)CC[C@H]1O[C@@H](n2cnc3c(N)ccnc32)[C@H](N)[C@@H]1N. The van der Waals surface area contributed by atoms with Crippen molar-refractivity contribution in [1.29, 1.82) is 0 Å². The van der Waals surface area contributed by atoms with E-state index in [1.54, 1.807) is 64.3 Å². The van der Waals surface area contributed by atoms with Crippen LogP contribution in [0.5, 0.6) is 0 Å².